The maximum absolute atomic E-state index is 13.1. The van der Waals surface area contributed by atoms with E-state index in [4.69, 9.17) is 0 Å². The lowest BCUT2D eigenvalue weighted by atomic mass is 9.75. The van der Waals surface area contributed by atoms with Crippen molar-refractivity contribution in [3.05, 3.63) is 54.6 Å². The lowest BCUT2D eigenvalue weighted by Gasteiger charge is -2.44. The van der Waals surface area contributed by atoms with E-state index in [2.05, 4.69) is 40.5 Å². The smallest absolute Gasteiger partial charge is 0.123 e. The van der Waals surface area contributed by atoms with E-state index >= 15 is 0 Å². The molecular weight excluding hydrogens is 363 g/mol. The van der Waals surface area contributed by atoms with Crippen molar-refractivity contribution in [3.63, 3.8) is 0 Å². The van der Waals surface area contributed by atoms with Crippen LogP contribution in [0.5, 0.6) is 0 Å². The molecule has 1 aromatic rings. The minimum atomic E-state index is -0.176. The number of allylic oxidation sites excluding steroid dienone is 2. The first-order chi connectivity index (χ1) is 13.9. The SMILES string of the molecule is C=C(C)NCCCC1(CCC)CC(CCN2CN(c3ccc(F)cc3)C2)NC1=C. The summed E-state index contributed by atoms with van der Waals surface area (Å²) in [6.07, 6.45) is 7.09. The number of anilines is 1. The fourth-order valence-corrected chi connectivity index (χ4v) is 4.79. The maximum Gasteiger partial charge on any atom is 0.123 e. The highest BCUT2D eigenvalue weighted by molar-refractivity contribution is 5.47. The second kappa shape index (κ2) is 9.66. The monoisotopic (exact) mass is 400 g/mol. The normalized spacial score (nSPS) is 24.3. The highest BCUT2D eigenvalue weighted by atomic mass is 19.1. The molecule has 0 spiro atoms. The number of hydrogen-bond donors (Lipinski definition) is 2. The molecule has 0 saturated carbocycles. The Hall–Kier alpha value is -2.01. The molecule has 160 valence electrons. The van der Waals surface area contributed by atoms with Crippen molar-refractivity contribution in [2.24, 2.45) is 5.41 Å². The molecule has 0 aliphatic carbocycles. The second-order valence-electron chi connectivity index (χ2n) is 8.85. The Balaban J connectivity index is 1.43. The van der Waals surface area contributed by atoms with Gasteiger partial charge in [0.1, 0.15) is 5.82 Å². The lowest BCUT2D eigenvalue weighted by Crippen LogP contribution is -2.56. The average Bonchev–Trinajstić information content (AvgIpc) is 2.95. The number of halogens is 1. The number of hydrogen-bond acceptors (Lipinski definition) is 4. The van der Waals surface area contributed by atoms with Crippen LogP contribution in [-0.4, -0.2) is 37.4 Å². The second-order valence-corrected chi connectivity index (χ2v) is 8.85. The van der Waals surface area contributed by atoms with Crippen LogP contribution in [0.2, 0.25) is 0 Å². The van der Waals surface area contributed by atoms with E-state index in [1.807, 2.05) is 19.1 Å². The Kier molecular flexibility index (Phi) is 7.23. The van der Waals surface area contributed by atoms with Crippen LogP contribution >= 0.6 is 0 Å². The summed E-state index contributed by atoms with van der Waals surface area (Å²) in [6.45, 7) is 16.5. The third-order valence-corrected chi connectivity index (χ3v) is 6.37. The molecule has 2 aliphatic heterocycles. The topological polar surface area (TPSA) is 30.5 Å². The predicted molar refractivity (Wildman–Crippen MR) is 120 cm³/mol. The average molecular weight is 401 g/mol. The van der Waals surface area contributed by atoms with Gasteiger partial charge in [0.15, 0.2) is 0 Å². The van der Waals surface area contributed by atoms with Gasteiger partial charge in [0.25, 0.3) is 0 Å². The third kappa shape index (κ3) is 5.53. The Morgan fingerprint density at radius 1 is 1.28 bits per heavy atom. The van der Waals surface area contributed by atoms with E-state index in [1.165, 1.54) is 43.5 Å². The van der Waals surface area contributed by atoms with E-state index in [0.717, 1.165) is 50.7 Å². The lowest BCUT2D eigenvalue weighted by molar-refractivity contribution is 0.174. The first-order valence-corrected chi connectivity index (χ1v) is 11.0. The Morgan fingerprint density at radius 3 is 2.66 bits per heavy atom. The summed E-state index contributed by atoms with van der Waals surface area (Å²) >= 11 is 0. The third-order valence-electron chi connectivity index (χ3n) is 6.37. The molecular formula is C24H37FN4. The molecule has 29 heavy (non-hydrogen) atoms. The van der Waals surface area contributed by atoms with E-state index < -0.39 is 0 Å². The van der Waals surface area contributed by atoms with Gasteiger partial charge in [-0.25, -0.2) is 4.39 Å². The molecule has 2 saturated heterocycles. The fourth-order valence-electron chi connectivity index (χ4n) is 4.79. The van der Waals surface area contributed by atoms with E-state index in [1.54, 1.807) is 0 Å². The maximum atomic E-state index is 13.1. The molecule has 3 rings (SSSR count). The van der Waals surface area contributed by atoms with E-state index in [0.29, 0.717) is 6.04 Å². The van der Waals surface area contributed by atoms with E-state index in [9.17, 15) is 4.39 Å². The Morgan fingerprint density at radius 2 is 2.00 bits per heavy atom. The van der Waals surface area contributed by atoms with Crippen LogP contribution < -0.4 is 15.5 Å². The number of nitrogens with zero attached hydrogens (tertiary/aromatic N) is 2. The van der Waals surface area contributed by atoms with Crippen LogP contribution in [0.4, 0.5) is 10.1 Å². The van der Waals surface area contributed by atoms with Crippen molar-refractivity contribution in [2.75, 3.05) is 31.3 Å². The largest absolute Gasteiger partial charge is 0.389 e. The van der Waals surface area contributed by atoms with Gasteiger partial charge < -0.3 is 15.5 Å². The van der Waals surface area contributed by atoms with Gasteiger partial charge in [-0.2, -0.15) is 0 Å². The Labute approximate surface area is 175 Å². The van der Waals surface area contributed by atoms with Gasteiger partial charge in [-0.3, -0.25) is 4.90 Å². The van der Waals surface area contributed by atoms with Crippen molar-refractivity contribution in [1.29, 1.82) is 0 Å². The molecule has 2 atom stereocenters. The van der Waals surface area contributed by atoms with Crippen LogP contribution in [0.3, 0.4) is 0 Å². The number of rotatable bonds is 11. The summed E-state index contributed by atoms with van der Waals surface area (Å²) in [4.78, 5) is 4.72. The van der Waals surface area contributed by atoms with Gasteiger partial charge in [-0.1, -0.05) is 26.5 Å². The summed E-state index contributed by atoms with van der Waals surface area (Å²) in [5.74, 6) is -0.176. The number of nitrogens with one attached hydrogen (secondary N) is 2. The predicted octanol–water partition coefficient (Wildman–Crippen LogP) is 4.82. The highest BCUT2D eigenvalue weighted by Crippen LogP contribution is 2.45. The van der Waals surface area contributed by atoms with Gasteiger partial charge in [0.05, 0.1) is 13.3 Å². The zero-order valence-electron chi connectivity index (χ0n) is 18.1. The fraction of sp³-hybridized carbons (Fsp3) is 0.583. The van der Waals surface area contributed by atoms with Crippen LogP contribution in [0.15, 0.2) is 48.8 Å². The molecule has 4 nitrogen and oxygen atoms in total. The van der Waals surface area contributed by atoms with Crippen molar-refractivity contribution < 1.29 is 4.39 Å². The van der Waals surface area contributed by atoms with Crippen molar-refractivity contribution in [1.82, 2.24) is 15.5 Å². The minimum absolute atomic E-state index is 0.176. The molecule has 2 unspecified atom stereocenters. The van der Waals surface area contributed by atoms with Crippen molar-refractivity contribution in [2.45, 2.75) is 58.4 Å². The van der Waals surface area contributed by atoms with Gasteiger partial charge >= 0.3 is 0 Å². The van der Waals surface area contributed by atoms with Crippen molar-refractivity contribution >= 4 is 5.69 Å². The molecule has 2 aliphatic rings. The summed E-state index contributed by atoms with van der Waals surface area (Å²) in [6, 6.07) is 7.30. The number of benzene rings is 1. The van der Waals surface area contributed by atoms with Gasteiger partial charge in [-0.05, 0) is 63.3 Å². The zero-order chi connectivity index (χ0) is 20.9. The summed E-state index contributed by atoms with van der Waals surface area (Å²) in [5.41, 5.74) is 3.63. The van der Waals surface area contributed by atoms with Crippen LogP contribution in [0.25, 0.3) is 0 Å². The Bertz CT molecular complexity index is 695. The van der Waals surface area contributed by atoms with Crippen LogP contribution in [0.1, 0.15) is 52.4 Å². The minimum Gasteiger partial charge on any atom is -0.389 e. The first kappa shape index (κ1) is 21.7. The van der Waals surface area contributed by atoms with Gasteiger partial charge in [0.2, 0.25) is 0 Å². The molecule has 0 radical (unpaired) electrons. The molecule has 0 bridgehead atoms. The molecule has 2 fully saturated rings. The molecule has 2 N–H and O–H groups in total. The molecule has 2 heterocycles. The molecule has 0 amide bonds. The summed E-state index contributed by atoms with van der Waals surface area (Å²) in [7, 11) is 0. The van der Waals surface area contributed by atoms with Crippen LogP contribution in [0, 0.1) is 11.2 Å². The first-order valence-electron chi connectivity index (χ1n) is 11.0. The van der Waals surface area contributed by atoms with Crippen LogP contribution in [-0.2, 0) is 0 Å². The van der Waals surface area contributed by atoms with Crippen molar-refractivity contribution in [3.8, 4) is 0 Å². The summed E-state index contributed by atoms with van der Waals surface area (Å²) in [5, 5.41) is 7.07. The van der Waals surface area contributed by atoms with Gasteiger partial charge in [-0.15, -0.1) is 0 Å². The standard InChI is InChI=1S/C24H37FN4/c1-5-12-24(13-6-14-26-19(2)3)16-22(27-20(24)4)11-15-28-17-29(18-28)23-9-7-21(25)8-10-23/h7-10,22,26-27H,2,4-6,11-18H2,1,3H3. The molecule has 5 heteroatoms. The van der Waals surface area contributed by atoms with E-state index in [-0.39, 0.29) is 11.2 Å². The quantitative estimate of drug-likeness (QED) is 0.522. The summed E-state index contributed by atoms with van der Waals surface area (Å²) < 4.78 is 13.1. The molecule has 0 aromatic heterocycles. The molecule has 1 aromatic carbocycles. The van der Waals surface area contributed by atoms with Gasteiger partial charge in [0, 0.05) is 41.6 Å². The highest BCUT2D eigenvalue weighted by Gasteiger charge is 2.41. The zero-order valence-corrected chi connectivity index (χ0v) is 18.1.